The standard InChI is InChI=1S/C14H18/c1-11-8-9-14(10-12(11)2)13-6-4-3-5-7-13/h8-10,13H,1-7H2. The Morgan fingerprint density at radius 2 is 1.64 bits per heavy atom. The van der Waals surface area contributed by atoms with Crippen LogP contribution in [-0.2, 0) is 0 Å². The van der Waals surface area contributed by atoms with Gasteiger partial charge >= 0.3 is 0 Å². The summed E-state index contributed by atoms with van der Waals surface area (Å²) in [7, 11) is 0. The molecule has 1 aliphatic carbocycles. The molecule has 0 unspecified atom stereocenters. The highest BCUT2D eigenvalue weighted by Gasteiger charge is 2.14. The lowest BCUT2D eigenvalue weighted by molar-refractivity contribution is 0.443. The maximum absolute atomic E-state index is 4.01. The van der Waals surface area contributed by atoms with E-state index in [2.05, 4.69) is 31.4 Å². The van der Waals surface area contributed by atoms with E-state index in [0.29, 0.717) is 0 Å². The number of benzene rings is 1. The first-order chi connectivity index (χ1) is 6.77. The van der Waals surface area contributed by atoms with Gasteiger partial charge in [0.1, 0.15) is 0 Å². The Morgan fingerprint density at radius 3 is 2.29 bits per heavy atom. The van der Waals surface area contributed by atoms with Gasteiger partial charge in [0.2, 0.25) is 0 Å². The third-order valence-corrected chi connectivity index (χ3v) is 3.31. The number of hydrogen-bond donors (Lipinski definition) is 0. The lowest BCUT2D eigenvalue weighted by atomic mass is 9.84. The molecule has 2 rings (SSSR count). The molecule has 0 bridgehead atoms. The van der Waals surface area contributed by atoms with E-state index in [-0.39, 0.29) is 0 Å². The molecule has 1 fully saturated rings. The van der Waals surface area contributed by atoms with Crippen molar-refractivity contribution in [2.45, 2.75) is 38.0 Å². The molecule has 0 nitrogen and oxygen atoms in total. The highest BCUT2D eigenvalue weighted by molar-refractivity contribution is 5.25. The van der Waals surface area contributed by atoms with E-state index in [1.165, 1.54) is 37.7 Å². The van der Waals surface area contributed by atoms with Crippen molar-refractivity contribution < 1.29 is 0 Å². The van der Waals surface area contributed by atoms with Crippen molar-refractivity contribution in [3.8, 4) is 0 Å². The Morgan fingerprint density at radius 1 is 0.929 bits per heavy atom. The van der Waals surface area contributed by atoms with Crippen LogP contribution in [0, 0.1) is 0 Å². The summed E-state index contributed by atoms with van der Waals surface area (Å²) in [6.45, 7) is 7.96. The molecule has 14 heavy (non-hydrogen) atoms. The van der Waals surface area contributed by atoms with E-state index >= 15 is 0 Å². The predicted molar refractivity (Wildman–Crippen MR) is 62.6 cm³/mol. The van der Waals surface area contributed by atoms with Crippen LogP contribution in [0.1, 0.15) is 43.6 Å². The summed E-state index contributed by atoms with van der Waals surface area (Å²) in [4.78, 5) is 0. The van der Waals surface area contributed by atoms with Crippen LogP contribution < -0.4 is 10.4 Å². The molecule has 0 saturated heterocycles. The topological polar surface area (TPSA) is 0 Å². The molecule has 74 valence electrons. The molecule has 0 aromatic heterocycles. The molecule has 0 heteroatoms. The average Bonchev–Trinajstić information content (AvgIpc) is 2.23. The molecule has 1 saturated carbocycles. The average molecular weight is 186 g/mol. The minimum atomic E-state index is 0.782. The Bertz CT molecular complexity index is 397. The second-order valence-corrected chi connectivity index (χ2v) is 4.36. The van der Waals surface area contributed by atoms with E-state index in [1.807, 2.05) is 0 Å². The molecule has 0 heterocycles. The molecular formula is C14H18. The summed E-state index contributed by atoms with van der Waals surface area (Å²) in [6.07, 6.45) is 6.92. The highest BCUT2D eigenvalue weighted by atomic mass is 14.2. The van der Waals surface area contributed by atoms with Gasteiger partial charge in [0, 0.05) is 0 Å². The van der Waals surface area contributed by atoms with Gasteiger partial charge in [0.05, 0.1) is 0 Å². The highest BCUT2D eigenvalue weighted by Crippen LogP contribution is 2.31. The summed E-state index contributed by atoms with van der Waals surface area (Å²) >= 11 is 0. The Kier molecular flexibility index (Phi) is 2.72. The van der Waals surface area contributed by atoms with Crippen molar-refractivity contribution in [1.82, 2.24) is 0 Å². The zero-order chi connectivity index (χ0) is 9.97. The molecular weight excluding hydrogens is 168 g/mol. The number of hydrogen-bond acceptors (Lipinski definition) is 0. The van der Waals surface area contributed by atoms with Crippen molar-refractivity contribution in [2.75, 3.05) is 0 Å². The maximum Gasteiger partial charge on any atom is -0.0162 e. The summed E-state index contributed by atoms with van der Waals surface area (Å²) in [5, 5.41) is 2.15. The minimum Gasteiger partial charge on any atom is -0.0912 e. The first-order valence-corrected chi connectivity index (χ1v) is 5.55. The fraction of sp³-hybridized carbons (Fsp3) is 0.429. The van der Waals surface area contributed by atoms with Crippen LogP contribution in [0.5, 0.6) is 0 Å². The third-order valence-electron chi connectivity index (χ3n) is 3.31. The molecule has 1 aromatic carbocycles. The molecule has 0 amide bonds. The molecule has 0 aliphatic heterocycles. The van der Waals surface area contributed by atoms with Crippen LogP contribution in [0.25, 0.3) is 13.2 Å². The Labute approximate surface area is 86.0 Å². The zero-order valence-corrected chi connectivity index (χ0v) is 8.76. The largest absolute Gasteiger partial charge is 0.0912 e. The van der Waals surface area contributed by atoms with Crippen LogP contribution in [0.15, 0.2) is 18.2 Å². The van der Waals surface area contributed by atoms with Gasteiger partial charge in [-0.1, -0.05) is 50.6 Å². The molecule has 0 radical (unpaired) electrons. The minimum absolute atomic E-state index is 0.782. The zero-order valence-electron chi connectivity index (χ0n) is 8.76. The van der Waals surface area contributed by atoms with Crippen LogP contribution in [-0.4, -0.2) is 0 Å². The SMILES string of the molecule is C=c1ccc(C2CCCCC2)cc1=C. The maximum atomic E-state index is 4.01. The Hall–Kier alpha value is -1.04. The van der Waals surface area contributed by atoms with Gasteiger partial charge in [-0.05, 0) is 34.8 Å². The van der Waals surface area contributed by atoms with Crippen molar-refractivity contribution in [2.24, 2.45) is 0 Å². The second-order valence-electron chi connectivity index (χ2n) is 4.36. The fourth-order valence-electron chi connectivity index (χ4n) is 2.34. The van der Waals surface area contributed by atoms with Gasteiger partial charge in [0.15, 0.2) is 0 Å². The van der Waals surface area contributed by atoms with Gasteiger partial charge in [-0.2, -0.15) is 0 Å². The smallest absolute Gasteiger partial charge is 0.0162 e. The third kappa shape index (κ3) is 1.89. The fourth-order valence-corrected chi connectivity index (χ4v) is 2.34. The summed E-state index contributed by atoms with van der Waals surface area (Å²) in [5.41, 5.74) is 1.47. The van der Waals surface area contributed by atoms with Crippen LogP contribution in [0.4, 0.5) is 0 Å². The lowest BCUT2D eigenvalue weighted by Gasteiger charge is -2.21. The lowest BCUT2D eigenvalue weighted by Crippen LogP contribution is -2.22. The van der Waals surface area contributed by atoms with Crippen molar-refractivity contribution in [3.63, 3.8) is 0 Å². The predicted octanol–water partition coefficient (Wildman–Crippen LogP) is 2.55. The van der Waals surface area contributed by atoms with E-state index in [1.54, 1.807) is 0 Å². The van der Waals surface area contributed by atoms with Gasteiger partial charge in [0.25, 0.3) is 0 Å². The van der Waals surface area contributed by atoms with Gasteiger partial charge in [-0.3, -0.25) is 0 Å². The molecule has 1 aromatic rings. The van der Waals surface area contributed by atoms with Crippen molar-refractivity contribution >= 4 is 13.2 Å². The van der Waals surface area contributed by atoms with Crippen LogP contribution >= 0.6 is 0 Å². The first kappa shape index (κ1) is 9.51. The molecule has 0 N–H and O–H groups in total. The molecule has 0 atom stereocenters. The number of rotatable bonds is 1. The molecule has 1 aliphatic rings. The molecule has 0 spiro atoms. The first-order valence-electron chi connectivity index (χ1n) is 5.55. The summed E-state index contributed by atoms with van der Waals surface area (Å²) < 4.78 is 0. The van der Waals surface area contributed by atoms with Crippen molar-refractivity contribution in [3.05, 3.63) is 34.2 Å². The monoisotopic (exact) mass is 186 g/mol. The quantitative estimate of drug-likeness (QED) is 0.632. The second kappa shape index (κ2) is 4.00. The van der Waals surface area contributed by atoms with E-state index < -0.39 is 0 Å². The van der Waals surface area contributed by atoms with Crippen LogP contribution in [0.3, 0.4) is 0 Å². The Balaban J connectivity index is 2.27. The van der Waals surface area contributed by atoms with E-state index in [4.69, 9.17) is 0 Å². The van der Waals surface area contributed by atoms with E-state index in [0.717, 1.165) is 16.4 Å². The van der Waals surface area contributed by atoms with E-state index in [9.17, 15) is 0 Å². The van der Waals surface area contributed by atoms with Gasteiger partial charge in [-0.15, -0.1) is 0 Å². The summed E-state index contributed by atoms with van der Waals surface area (Å²) in [6, 6.07) is 6.55. The van der Waals surface area contributed by atoms with Gasteiger partial charge < -0.3 is 0 Å². The van der Waals surface area contributed by atoms with Crippen molar-refractivity contribution in [1.29, 1.82) is 0 Å². The van der Waals surface area contributed by atoms with Crippen LogP contribution in [0.2, 0.25) is 0 Å². The summed E-state index contributed by atoms with van der Waals surface area (Å²) in [5.74, 6) is 0.782. The normalized spacial score (nSPS) is 18.3. The van der Waals surface area contributed by atoms with Gasteiger partial charge in [-0.25, -0.2) is 0 Å².